The van der Waals surface area contributed by atoms with Crippen molar-refractivity contribution in [3.8, 4) is 0 Å². The number of nitrogens with one attached hydrogen (secondary N) is 2. The molecule has 5 heteroatoms. The van der Waals surface area contributed by atoms with Gasteiger partial charge in [0.15, 0.2) is 0 Å². The zero-order chi connectivity index (χ0) is 13.0. The van der Waals surface area contributed by atoms with Crippen molar-refractivity contribution in [2.24, 2.45) is 5.73 Å². The molecule has 18 heavy (non-hydrogen) atoms. The molecule has 1 aliphatic heterocycles. The van der Waals surface area contributed by atoms with E-state index in [0.717, 1.165) is 19.5 Å². The van der Waals surface area contributed by atoms with E-state index in [-0.39, 0.29) is 0 Å². The summed E-state index contributed by atoms with van der Waals surface area (Å²) >= 11 is 5.92. The van der Waals surface area contributed by atoms with Gasteiger partial charge in [0.2, 0.25) is 0 Å². The van der Waals surface area contributed by atoms with Gasteiger partial charge in [-0.3, -0.25) is 4.79 Å². The van der Waals surface area contributed by atoms with Crippen molar-refractivity contribution in [2.45, 2.75) is 25.3 Å². The Hall–Kier alpha value is -1.26. The zero-order valence-corrected chi connectivity index (χ0v) is 11.0. The molecule has 4 nitrogen and oxygen atoms in total. The third-order valence-corrected chi connectivity index (χ3v) is 3.45. The predicted molar refractivity (Wildman–Crippen MR) is 74.1 cm³/mol. The number of anilines is 1. The summed E-state index contributed by atoms with van der Waals surface area (Å²) in [6.45, 7) is 1.91. The third kappa shape index (κ3) is 3.37. The molecule has 0 spiro atoms. The number of hydrogen-bond donors (Lipinski definition) is 3. The molecular formula is C13H18ClN3O. The van der Waals surface area contributed by atoms with Gasteiger partial charge in [0.1, 0.15) is 0 Å². The van der Waals surface area contributed by atoms with E-state index in [2.05, 4.69) is 10.6 Å². The Bertz CT molecular complexity index is 430. The Morgan fingerprint density at radius 1 is 1.56 bits per heavy atom. The van der Waals surface area contributed by atoms with Crippen molar-refractivity contribution < 1.29 is 4.79 Å². The van der Waals surface area contributed by atoms with Crippen LogP contribution in [0, 0.1) is 0 Å². The van der Waals surface area contributed by atoms with Crippen LogP contribution in [0.25, 0.3) is 0 Å². The van der Waals surface area contributed by atoms with Crippen LogP contribution in [0.3, 0.4) is 0 Å². The number of primary amides is 1. The molecule has 1 heterocycles. The first-order chi connectivity index (χ1) is 8.66. The van der Waals surface area contributed by atoms with Gasteiger partial charge < -0.3 is 16.4 Å². The van der Waals surface area contributed by atoms with Gasteiger partial charge in [-0.2, -0.15) is 0 Å². The van der Waals surface area contributed by atoms with E-state index >= 15 is 0 Å². The average Bonchev–Trinajstić information content (AvgIpc) is 2.82. The number of rotatable bonds is 5. The van der Waals surface area contributed by atoms with Crippen molar-refractivity contribution in [3.05, 3.63) is 28.8 Å². The zero-order valence-electron chi connectivity index (χ0n) is 10.2. The monoisotopic (exact) mass is 267 g/mol. The highest BCUT2D eigenvalue weighted by molar-refractivity contribution is 6.31. The molecule has 1 fully saturated rings. The molecule has 0 saturated carbocycles. The van der Waals surface area contributed by atoms with Gasteiger partial charge in [-0.15, -0.1) is 0 Å². The molecule has 0 aliphatic carbocycles. The van der Waals surface area contributed by atoms with Gasteiger partial charge in [0, 0.05) is 23.3 Å². The van der Waals surface area contributed by atoms with Crippen LogP contribution in [0.2, 0.25) is 5.02 Å². The molecule has 1 saturated heterocycles. The van der Waals surface area contributed by atoms with Crippen LogP contribution in [0.4, 0.5) is 5.69 Å². The fourth-order valence-corrected chi connectivity index (χ4v) is 2.43. The molecule has 98 valence electrons. The van der Waals surface area contributed by atoms with Gasteiger partial charge in [-0.25, -0.2) is 0 Å². The van der Waals surface area contributed by atoms with Crippen molar-refractivity contribution in [1.82, 2.24) is 5.32 Å². The molecule has 1 unspecified atom stereocenters. The Balaban J connectivity index is 1.94. The smallest absolute Gasteiger partial charge is 0.250 e. The highest BCUT2D eigenvalue weighted by Gasteiger charge is 2.14. The molecule has 1 amide bonds. The van der Waals surface area contributed by atoms with Gasteiger partial charge in [-0.05, 0) is 44.0 Å². The van der Waals surface area contributed by atoms with Crippen LogP contribution >= 0.6 is 11.6 Å². The lowest BCUT2D eigenvalue weighted by Crippen LogP contribution is -2.24. The Labute approximate surface area is 112 Å². The van der Waals surface area contributed by atoms with E-state index in [1.807, 2.05) is 0 Å². The van der Waals surface area contributed by atoms with Crippen molar-refractivity contribution in [1.29, 1.82) is 0 Å². The number of hydrogen-bond acceptors (Lipinski definition) is 3. The quantitative estimate of drug-likeness (QED) is 0.764. The minimum Gasteiger partial charge on any atom is -0.384 e. The first kappa shape index (κ1) is 13.2. The minimum atomic E-state index is -0.437. The topological polar surface area (TPSA) is 67.2 Å². The SMILES string of the molecule is NC(=O)c1ccc(Cl)cc1NCCC1CCCN1. The molecule has 1 aliphatic rings. The summed E-state index contributed by atoms with van der Waals surface area (Å²) in [5.74, 6) is -0.437. The van der Waals surface area contributed by atoms with Gasteiger partial charge in [-0.1, -0.05) is 11.6 Å². The molecule has 1 aromatic rings. The maximum absolute atomic E-state index is 11.3. The fraction of sp³-hybridized carbons (Fsp3) is 0.462. The second kappa shape index (κ2) is 6.07. The maximum Gasteiger partial charge on any atom is 0.250 e. The minimum absolute atomic E-state index is 0.437. The lowest BCUT2D eigenvalue weighted by molar-refractivity contribution is 0.100. The second-order valence-corrected chi connectivity index (χ2v) is 5.00. The number of carbonyl (C=O) groups is 1. The van der Waals surface area contributed by atoms with Gasteiger partial charge >= 0.3 is 0 Å². The molecule has 0 bridgehead atoms. The van der Waals surface area contributed by atoms with E-state index < -0.39 is 5.91 Å². The fourth-order valence-electron chi connectivity index (χ4n) is 2.26. The van der Waals surface area contributed by atoms with Crippen molar-refractivity contribution >= 4 is 23.2 Å². The summed E-state index contributed by atoms with van der Waals surface area (Å²) in [4.78, 5) is 11.3. The second-order valence-electron chi connectivity index (χ2n) is 4.56. The maximum atomic E-state index is 11.3. The molecule has 2 rings (SSSR count). The standard InChI is InChI=1S/C13H18ClN3O/c14-9-3-4-11(13(15)18)12(8-9)17-7-5-10-2-1-6-16-10/h3-4,8,10,16-17H,1-2,5-7H2,(H2,15,18). The molecule has 4 N–H and O–H groups in total. The highest BCUT2D eigenvalue weighted by Crippen LogP contribution is 2.21. The lowest BCUT2D eigenvalue weighted by atomic mass is 10.1. The van der Waals surface area contributed by atoms with Crippen LogP contribution < -0.4 is 16.4 Å². The number of halogens is 1. The highest BCUT2D eigenvalue weighted by atomic mass is 35.5. The van der Waals surface area contributed by atoms with E-state index in [1.165, 1.54) is 12.8 Å². The summed E-state index contributed by atoms with van der Waals surface area (Å²) < 4.78 is 0. The summed E-state index contributed by atoms with van der Waals surface area (Å²) in [6.07, 6.45) is 3.50. The largest absolute Gasteiger partial charge is 0.384 e. The van der Waals surface area contributed by atoms with Crippen molar-refractivity contribution in [2.75, 3.05) is 18.4 Å². The number of nitrogens with two attached hydrogens (primary N) is 1. The van der Waals surface area contributed by atoms with Crippen LogP contribution in [0.5, 0.6) is 0 Å². The summed E-state index contributed by atoms with van der Waals surface area (Å²) in [6, 6.07) is 5.64. The number of carbonyl (C=O) groups excluding carboxylic acids is 1. The van der Waals surface area contributed by atoms with Crippen LogP contribution in [-0.4, -0.2) is 25.0 Å². The van der Waals surface area contributed by atoms with Gasteiger partial charge in [0.25, 0.3) is 5.91 Å². The molecule has 0 aromatic heterocycles. The lowest BCUT2D eigenvalue weighted by Gasteiger charge is -2.13. The molecule has 1 aromatic carbocycles. The Kier molecular flexibility index (Phi) is 4.44. The van der Waals surface area contributed by atoms with Crippen LogP contribution in [0.1, 0.15) is 29.6 Å². The van der Waals surface area contributed by atoms with Gasteiger partial charge in [0.05, 0.1) is 5.56 Å². The molecular weight excluding hydrogens is 250 g/mol. The molecule has 0 radical (unpaired) electrons. The van der Waals surface area contributed by atoms with E-state index in [4.69, 9.17) is 17.3 Å². The third-order valence-electron chi connectivity index (χ3n) is 3.22. The summed E-state index contributed by atoms with van der Waals surface area (Å²) in [7, 11) is 0. The number of benzene rings is 1. The first-order valence-electron chi connectivity index (χ1n) is 6.23. The Morgan fingerprint density at radius 3 is 3.06 bits per heavy atom. The van der Waals surface area contributed by atoms with Crippen molar-refractivity contribution in [3.63, 3.8) is 0 Å². The van der Waals surface area contributed by atoms with Crippen LogP contribution in [0.15, 0.2) is 18.2 Å². The summed E-state index contributed by atoms with van der Waals surface area (Å²) in [5, 5.41) is 7.27. The van der Waals surface area contributed by atoms with E-state index in [9.17, 15) is 4.79 Å². The predicted octanol–water partition coefficient (Wildman–Crippen LogP) is 1.99. The first-order valence-corrected chi connectivity index (χ1v) is 6.61. The van der Waals surface area contributed by atoms with E-state index in [0.29, 0.717) is 22.3 Å². The normalized spacial score (nSPS) is 18.8. The number of amides is 1. The molecule has 1 atom stereocenters. The average molecular weight is 268 g/mol. The van der Waals surface area contributed by atoms with E-state index in [1.54, 1.807) is 18.2 Å². The Morgan fingerprint density at radius 2 is 2.39 bits per heavy atom. The summed E-state index contributed by atoms with van der Waals surface area (Å²) in [5.41, 5.74) is 6.52. The van der Waals surface area contributed by atoms with Crippen LogP contribution in [-0.2, 0) is 0 Å².